The maximum absolute atomic E-state index is 13.8. The van der Waals surface area contributed by atoms with Crippen molar-refractivity contribution in [2.24, 2.45) is 0 Å². The van der Waals surface area contributed by atoms with Crippen LogP contribution in [0, 0.1) is 0 Å². The zero-order valence-electron chi connectivity index (χ0n) is 17.0. The van der Waals surface area contributed by atoms with Crippen molar-refractivity contribution >= 4 is 5.65 Å². The van der Waals surface area contributed by atoms with E-state index in [0.29, 0.717) is 28.3 Å². The van der Waals surface area contributed by atoms with Crippen molar-refractivity contribution in [1.82, 2.24) is 19.6 Å². The number of halogens is 9. The molecule has 0 amide bonds. The fourth-order valence-electron chi connectivity index (χ4n) is 3.23. The smallest absolute Gasteiger partial charge is 0.430 e. The summed E-state index contributed by atoms with van der Waals surface area (Å²) >= 11 is 0. The van der Waals surface area contributed by atoms with Crippen LogP contribution in [-0.4, -0.2) is 32.4 Å². The maximum Gasteiger partial charge on any atom is 0.433 e. The number of fused-ring (bicyclic) bond motifs is 1. The van der Waals surface area contributed by atoms with Crippen LogP contribution in [0.4, 0.5) is 39.5 Å². The summed E-state index contributed by atoms with van der Waals surface area (Å²) < 4.78 is 125. The third kappa shape index (κ3) is 4.86. The fraction of sp³-hybridized carbons (Fsp3) is 0.190. The van der Waals surface area contributed by atoms with E-state index < -0.39 is 53.4 Å². The van der Waals surface area contributed by atoms with Crippen LogP contribution < -0.4 is 4.74 Å². The number of nitrogens with zero attached hydrogens (tertiary/aromatic N) is 4. The highest BCUT2D eigenvalue weighted by atomic mass is 19.4. The Labute approximate surface area is 189 Å². The molecule has 35 heavy (non-hydrogen) atoms. The Bertz CT molecular complexity index is 1370. The van der Waals surface area contributed by atoms with Gasteiger partial charge in [-0.05, 0) is 30.3 Å². The first kappa shape index (κ1) is 24.3. The van der Waals surface area contributed by atoms with Crippen LogP contribution in [-0.2, 0) is 12.4 Å². The summed E-state index contributed by atoms with van der Waals surface area (Å²) in [5, 5.41) is 3.70. The first-order chi connectivity index (χ1) is 16.3. The van der Waals surface area contributed by atoms with Gasteiger partial charge in [0.2, 0.25) is 0 Å². The van der Waals surface area contributed by atoms with Crippen molar-refractivity contribution in [1.29, 1.82) is 0 Å². The molecule has 0 saturated carbocycles. The Hall–Kier alpha value is -3.84. The molecular formula is C21H11F9N4O. The predicted molar refractivity (Wildman–Crippen MR) is 103 cm³/mol. The van der Waals surface area contributed by atoms with E-state index in [9.17, 15) is 39.5 Å². The largest absolute Gasteiger partial charge is 0.433 e. The summed E-state index contributed by atoms with van der Waals surface area (Å²) in [6, 6.07) is 5.05. The summed E-state index contributed by atoms with van der Waals surface area (Å²) in [4.78, 5) is 7.93. The molecule has 1 aromatic carbocycles. The average molecular weight is 506 g/mol. The van der Waals surface area contributed by atoms with Gasteiger partial charge >= 0.3 is 18.5 Å². The minimum Gasteiger partial charge on any atom is -0.430 e. The van der Waals surface area contributed by atoms with Crippen LogP contribution in [0.5, 0.6) is 5.75 Å². The highest BCUT2D eigenvalue weighted by Gasteiger charge is 2.40. The van der Waals surface area contributed by atoms with E-state index in [-0.39, 0.29) is 11.2 Å². The van der Waals surface area contributed by atoms with Crippen molar-refractivity contribution < 1.29 is 44.3 Å². The number of benzene rings is 1. The van der Waals surface area contributed by atoms with E-state index in [1.165, 1.54) is 24.5 Å². The minimum absolute atomic E-state index is 0.115. The lowest BCUT2D eigenvalue weighted by molar-refractivity contribution is -0.192. The third-order valence-electron chi connectivity index (χ3n) is 4.73. The molecule has 0 aliphatic rings. The Morgan fingerprint density at radius 2 is 1.60 bits per heavy atom. The van der Waals surface area contributed by atoms with E-state index >= 15 is 0 Å². The van der Waals surface area contributed by atoms with Gasteiger partial charge in [-0.1, -0.05) is 6.07 Å². The summed E-state index contributed by atoms with van der Waals surface area (Å²) in [5.74, 6) is -1.40. The first-order valence-corrected chi connectivity index (χ1v) is 9.51. The molecule has 0 bridgehead atoms. The summed E-state index contributed by atoms with van der Waals surface area (Å²) in [7, 11) is 0. The van der Waals surface area contributed by atoms with Crippen LogP contribution >= 0.6 is 0 Å². The number of hydrogen-bond donors (Lipinski definition) is 0. The molecule has 0 saturated heterocycles. The topological polar surface area (TPSA) is 52.3 Å². The van der Waals surface area contributed by atoms with Gasteiger partial charge in [-0.2, -0.15) is 40.2 Å². The molecule has 4 rings (SSSR count). The second kappa shape index (κ2) is 8.43. The second-order valence-corrected chi connectivity index (χ2v) is 7.14. The molecule has 0 aliphatic carbocycles. The van der Waals surface area contributed by atoms with Gasteiger partial charge in [-0.3, -0.25) is 4.98 Å². The maximum atomic E-state index is 13.8. The van der Waals surface area contributed by atoms with E-state index in [0.717, 1.165) is 12.3 Å². The Kier molecular flexibility index (Phi) is 5.85. The summed E-state index contributed by atoms with van der Waals surface area (Å²) in [5.41, 5.74) is -4.01. The molecule has 4 aromatic rings. The second-order valence-electron chi connectivity index (χ2n) is 7.14. The first-order valence-electron chi connectivity index (χ1n) is 9.51. The van der Waals surface area contributed by atoms with Crippen molar-refractivity contribution in [3.63, 3.8) is 0 Å². The molecule has 184 valence electrons. The van der Waals surface area contributed by atoms with Crippen LogP contribution in [0.2, 0.25) is 0 Å². The molecule has 5 nitrogen and oxygen atoms in total. The molecule has 3 heterocycles. The molecule has 0 fully saturated rings. The van der Waals surface area contributed by atoms with Gasteiger partial charge in [0.15, 0.2) is 18.0 Å². The lowest BCUT2D eigenvalue weighted by atomic mass is 10.1. The summed E-state index contributed by atoms with van der Waals surface area (Å²) in [6.45, 7) is -2.39. The van der Waals surface area contributed by atoms with Gasteiger partial charge in [0.25, 0.3) is 0 Å². The minimum atomic E-state index is -5.26. The number of rotatable bonds is 5. The number of aromatic nitrogens is 4. The fourth-order valence-corrected chi connectivity index (χ4v) is 3.23. The van der Waals surface area contributed by atoms with E-state index in [1.807, 2.05) is 0 Å². The quantitative estimate of drug-likeness (QED) is 0.293. The zero-order chi connectivity index (χ0) is 25.6. The van der Waals surface area contributed by atoms with Crippen LogP contribution in [0.3, 0.4) is 0 Å². The zero-order valence-corrected chi connectivity index (χ0v) is 17.0. The van der Waals surface area contributed by atoms with E-state index in [2.05, 4.69) is 19.8 Å². The van der Waals surface area contributed by atoms with Gasteiger partial charge in [-0.15, -0.1) is 0 Å². The lowest BCUT2D eigenvalue weighted by Crippen LogP contribution is -2.28. The predicted octanol–water partition coefficient (Wildman–Crippen LogP) is 6.44. The highest BCUT2D eigenvalue weighted by Crippen LogP contribution is 2.41. The molecule has 0 atom stereocenters. The molecule has 14 heteroatoms. The Morgan fingerprint density at radius 3 is 2.20 bits per heavy atom. The van der Waals surface area contributed by atoms with Crippen LogP contribution in [0.15, 0.2) is 55.0 Å². The van der Waals surface area contributed by atoms with Gasteiger partial charge in [0.1, 0.15) is 5.75 Å². The normalized spacial score (nSPS) is 12.8. The third-order valence-corrected chi connectivity index (χ3v) is 4.73. The SMILES string of the molecule is FCC(F)(F)Oc1ccc(-c2cc(C(F)(F)F)n3ncc(-c4cccnc4)c3n2)cc1C(F)(F)F. The van der Waals surface area contributed by atoms with Crippen LogP contribution in [0.1, 0.15) is 11.3 Å². The van der Waals surface area contributed by atoms with Crippen LogP contribution in [0.25, 0.3) is 28.0 Å². The average Bonchev–Trinajstić information content (AvgIpc) is 3.21. The van der Waals surface area contributed by atoms with E-state index in [1.54, 1.807) is 0 Å². The number of alkyl halides is 9. The lowest BCUT2D eigenvalue weighted by Gasteiger charge is -2.19. The molecule has 0 N–H and O–H groups in total. The molecule has 0 radical (unpaired) electrons. The van der Waals surface area contributed by atoms with Gasteiger partial charge in [0.05, 0.1) is 17.5 Å². The van der Waals surface area contributed by atoms with Gasteiger partial charge in [0, 0.05) is 29.1 Å². The molecule has 3 aromatic heterocycles. The van der Waals surface area contributed by atoms with Gasteiger partial charge in [-0.25, -0.2) is 13.9 Å². The monoisotopic (exact) mass is 506 g/mol. The standard InChI is InChI=1S/C21H11F9N4O/c22-10-19(23,24)35-16-4-3-11(6-14(16)20(25,26)27)15-7-17(21(28,29)30)34-18(33-15)13(9-32-34)12-2-1-5-31-8-12/h1-9H,10H2. The summed E-state index contributed by atoms with van der Waals surface area (Å²) in [6.07, 6.45) is -10.9. The molecule has 0 unspecified atom stereocenters. The Balaban J connectivity index is 1.94. The van der Waals surface area contributed by atoms with Gasteiger partial charge < -0.3 is 4.74 Å². The number of pyridine rings is 1. The number of ether oxygens (including phenoxy) is 1. The Morgan fingerprint density at radius 1 is 0.857 bits per heavy atom. The number of hydrogen-bond acceptors (Lipinski definition) is 4. The van der Waals surface area contributed by atoms with Crippen molar-refractivity contribution in [3.05, 3.63) is 66.2 Å². The van der Waals surface area contributed by atoms with Crippen molar-refractivity contribution in [3.8, 4) is 28.1 Å². The van der Waals surface area contributed by atoms with Crippen molar-refractivity contribution in [2.75, 3.05) is 6.67 Å². The highest BCUT2D eigenvalue weighted by molar-refractivity contribution is 5.78. The van der Waals surface area contributed by atoms with E-state index in [4.69, 9.17) is 0 Å². The molecular weight excluding hydrogens is 495 g/mol. The molecule has 0 aliphatic heterocycles. The molecule has 0 spiro atoms. The van der Waals surface area contributed by atoms with Crippen molar-refractivity contribution in [2.45, 2.75) is 18.5 Å².